The van der Waals surface area contributed by atoms with E-state index in [-0.39, 0.29) is 29.0 Å². The first-order valence-corrected chi connectivity index (χ1v) is 12.7. The second-order valence-corrected chi connectivity index (χ2v) is 11.3. The summed E-state index contributed by atoms with van der Waals surface area (Å²) in [6.45, 7) is 7.00. The highest BCUT2D eigenvalue weighted by Gasteiger charge is 2.31. The predicted molar refractivity (Wildman–Crippen MR) is 118 cm³/mol. The lowest BCUT2D eigenvalue weighted by Gasteiger charge is -2.34. The third-order valence-corrected chi connectivity index (χ3v) is 8.12. The molecular weight excluding hydrogens is 416 g/mol. The van der Waals surface area contributed by atoms with E-state index in [9.17, 15) is 18.0 Å². The second kappa shape index (κ2) is 10.1. The minimum absolute atomic E-state index is 0.145. The lowest BCUT2D eigenvalue weighted by molar-refractivity contribution is -0.125. The van der Waals surface area contributed by atoms with Gasteiger partial charge in [0, 0.05) is 19.1 Å². The van der Waals surface area contributed by atoms with Crippen molar-refractivity contribution in [3.8, 4) is 0 Å². The molecule has 1 aliphatic heterocycles. The van der Waals surface area contributed by atoms with Gasteiger partial charge in [0.05, 0.1) is 10.5 Å². The Morgan fingerprint density at radius 3 is 2.13 bits per heavy atom. The fourth-order valence-electron chi connectivity index (χ4n) is 4.60. The van der Waals surface area contributed by atoms with Crippen molar-refractivity contribution in [1.29, 1.82) is 0 Å². The largest absolute Gasteiger partial charge is 0.452 e. The Balaban J connectivity index is 1.53. The lowest BCUT2D eigenvalue weighted by Crippen LogP contribution is -2.42. The van der Waals surface area contributed by atoms with E-state index in [0.29, 0.717) is 30.8 Å². The number of benzene rings is 1. The zero-order valence-electron chi connectivity index (χ0n) is 18.7. The van der Waals surface area contributed by atoms with Crippen LogP contribution in [-0.2, 0) is 19.6 Å². The van der Waals surface area contributed by atoms with E-state index in [0.717, 1.165) is 32.1 Å². The summed E-state index contributed by atoms with van der Waals surface area (Å²) in [4.78, 5) is 24.5. The quantitative estimate of drug-likeness (QED) is 0.672. The standard InChI is InChI=1S/C23H34N2O5S/c1-16-4-8-20(9-5-16)24-22(26)15-30-23(27)19-6-10-21(11-7-19)31(28,29)25-13-17(2)12-18(3)14-25/h6-7,10-11,16-18,20H,4-5,8-9,12-15H2,1-3H3,(H,24,26). The van der Waals surface area contributed by atoms with Crippen LogP contribution in [0.3, 0.4) is 0 Å². The van der Waals surface area contributed by atoms with Crippen LogP contribution in [0.2, 0.25) is 0 Å². The number of nitrogens with zero attached hydrogens (tertiary/aromatic N) is 1. The Morgan fingerprint density at radius 1 is 0.968 bits per heavy atom. The molecule has 2 fully saturated rings. The minimum Gasteiger partial charge on any atom is -0.452 e. The zero-order valence-corrected chi connectivity index (χ0v) is 19.5. The minimum atomic E-state index is -3.60. The van der Waals surface area contributed by atoms with Crippen LogP contribution < -0.4 is 5.32 Å². The van der Waals surface area contributed by atoms with Crippen LogP contribution in [0.4, 0.5) is 0 Å². The van der Waals surface area contributed by atoms with E-state index in [1.165, 1.54) is 28.6 Å². The van der Waals surface area contributed by atoms with Gasteiger partial charge in [-0.25, -0.2) is 13.2 Å². The van der Waals surface area contributed by atoms with Crippen molar-refractivity contribution in [3.05, 3.63) is 29.8 Å². The van der Waals surface area contributed by atoms with Gasteiger partial charge in [-0.05, 0) is 74.1 Å². The van der Waals surface area contributed by atoms with E-state index in [1.54, 1.807) is 0 Å². The molecule has 0 aromatic heterocycles. The van der Waals surface area contributed by atoms with Crippen molar-refractivity contribution in [1.82, 2.24) is 9.62 Å². The molecule has 172 valence electrons. The summed E-state index contributed by atoms with van der Waals surface area (Å²) in [5.74, 6) is 0.378. The van der Waals surface area contributed by atoms with Crippen LogP contribution in [0.25, 0.3) is 0 Å². The van der Waals surface area contributed by atoms with Gasteiger partial charge in [0.1, 0.15) is 0 Å². The third kappa shape index (κ3) is 6.29. The molecule has 2 aliphatic rings. The molecule has 1 saturated carbocycles. The number of rotatable bonds is 6. The topological polar surface area (TPSA) is 92.8 Å². The number of hydrogen-bond acceptors (Lipinski definition) is 5. The normalized spacial score (nSPS) is 27.5. The number of sulfonamides is 1. The van der Waals surface area contributed by atoms with Gasteiger partial charge in [-0.3, -0.25) is 4.79 Å². The molecule has 1 heterocycles. The molecule has 7 nitrogen and oxygen atoms in total. The number of ether oxygens (including phenoxy) is 1. The first kappa shape index (κ1) is 23.7. The van der Waals surface area contributed by atoms with Crippen LogP contribution in [-0.4, -0.2) is 50.3 Å². The molecule has 0 bridgehead atoms. The summed E-state index contributed by atoms with van der Waals surface area (Å²) in [6, 6.07) is 5.88. The molecular formula is C23H34N2O5S. The number of hydrogen-bond donors (Lipinski definition) is 1. The maximum Gasteiger partial charge on any atom is 0.338 e. The fourth-order valence-corrected chi connectivity index (χ4v) is 6.28. The number of piperidine rings is 1. The Labute approximate surface area is 185 Å². The highest BCUT2D eigenvalue weighted by Crippen LogP contribution is 2.27. The first-order chi connectivity index (χ1) is 14.6. The van der Waals surface area contributed by atoms with E-state index in [2.05, 4.69) is 26.1 Å². The van der Waals surface area contributed by atoms with Crippen molar-refractivity contribution in [3.63, 3.8) is 0 Å². The van der Waals surface area contributed by atoms with Gasteiger partial charge in [0.25, 0.3) is 5.91 Å². The molecule has 31 heavy (non-hydrogen) atoms. The van der Waals surface area contributed by atoms with Gasteiger partial charge < -0.3 is 10.1 Å². The summed E-state index contributed by atoms with van der Waals surface area (Å²) in [5, 5.41) is 2.92. The van der Waals surface area contributed by atoms with Crippen LogP contribution in [0, 0.1) is 17.8 Å². The Hall–Kier alpha value is -1.93. The number of amides is 1. The Kier molecular flexibility index (Phi) is 7.75. The fraction of sp³-hybridized carbons (Fsp3) is 0.652. The van der Waals surface area contributed by atoms with Crippen LogP contribution in [0.1, 0.15) is 63.2 Å². The molecule has 1 N–H and O–H groups in total. The lowest BCUT2D eigenvalue weighted by atomic mass is 9.87. The second-order valence-electron chi connectivity index (χ2n) is 9.39. The molecule has 1 aromatic rings. The highest BCUT2D eigenvalue weighted by atomic mass is 32.2. The summed E-state index contributed by atoms with van der Waals surface area (Å²) in [7, 11) is -3.60. The summed E-state index contributed by atoms with van der Waals surface area (Å²) in [5.41, 5.74) is 0.221. The Bertz CT molecular complexity index is 866. The number of nitrogens with one attached hydrogen (secondary N) is 1. The molecule has 0 spiro atoms. The first-order valence-electron chi connectivity index (χ1n) is 11.2. The maximum absolute atomic E-state index is 12.9. The molecule has 3 rings (SSSR count). The maximum atomic E-state index is 12.9. The Morgan fingerprint density at radius 2 is 1.55 bits per heavy atom. The van der Waals surface area contributed by atoms with Crippen LogP contribution >= 0.6 is 0 Å². The van der Waals surface area contributed by atoms with Gasteiger partial charge in [0.2, 0.25) is 10.0 Å². The molecule has 2 atom stereocenters. The number of esters is 1. The predicted octanol–water partition coefficient (Wildman–Crippen LogP) is 3.20. The van der Waals surface area contributed by atoms with Crippen LogP contribution in [0.5, 0.6) is 0 Å². The van der Waals surface area contributed by atoms with Gasteiger partial charge in [-0.2, -0.15) is 4.31 Å². The van der Waals surface area contributed by atoms with E-state index in [1.807, 2.05) is 0 Å². The van der Waals surface area contributed by atoms with E-state index in [4.69, 9.17) is 4.74 Å². The molecule has 1 aliphatic carbocycles. The van der Waals surface area contributed by atoms with E-state index < -0.39 is 16.0 Å². The molecule has 1 aromatic carbocycles. The number of carbonyl (C=O) groups excluding carboxylic acids is 2. The van der Waals surface area contributed by atoms with Crippen molar-refractivity contribution in [2.75, 3.05) is 19.7 Å². The highest BCUT2D eigenvalue weighted by molar-refractivity contribution is 7.89. The summed E-state index contributed by atoms with van der Waals surface area (Å²) in [6.07, 6.45) is 5.10. The van der Waals surface area contributed by atoms with Gasteiger partial charge in [0.15, 0.2) is 6.61 Å². The average molecular weight is 451 g/mol. The van der Waals surface area contributed by atoms with Crippen molar-refractivity contribution in [2.45, 2.75) is 63.8 Å². The summed E-state index contributed by atoms with van der Waals surface area (Å²) >= 11 is 0. The molecule has 1 saturated heterocycles. The monoisotopic (exact) mass is 450 g/mol. The average Bonchev–Trinajstić information content (AvgIpc) is 2.73. The molecule has 1 amide bonds. The third-order valence-electron chi connectivity index (χ3n) is 6.28. The number of carbonyl (C=O) groups is 2. The van der Waals surface area contributed by atoms with E-state index >= 15 is 0 Å². The van der Waals surface area contributed by atoms with Crippen molar-refractivity contribution in [2.24, 2.45) is 17.8 Å². The van der Waals surface area contributed by atoms with Crippen molar-refractivity contribution < 1.29 is 22.7 Å². The zero-order chi connectivity index (χ0) is 22.6. The van der Waals surface area contributed by atoms with Gasteiger partial charge in [-0.15, -0.1) is 0 Å². The molecule has 2 unspecified atom stereocenters. The van der Waals surface area contributed by atoms with Gasteiger partial charge >= 0.3 is 5.97 Å². The van der Waals surface area contributed by atoms with Crippen molar-refractivity contribution >= 4 is 21.9 Å². The molecule has 8 heteroatoms. The SMILES string of the molecule is CC1CCC(NC(=O)COC(=O)c2ccc(S(=O)(=O)N3CC(C)CC(C)C3)cc2)CC1. The molecule has 0 radical (unpaired) electrons. The van der Waals surface area contributed by atoms with Crippen LogP contribution in [0.15, 0.2) is 29.2 Å². The van der Waals surface area contributed by atoms with Gasteiger partial charge in [-0.1, -0.05) is 20.8 Å². The smallest absolute Gasteiger partial charge is 0.338 e. The summed E-state index contributed by atoms with van der Waals surface area (Å²) < 4.78 is 32.5.